The highest BCUT2D eigenvalue weighted by Crippen LogP contribution is 2.44. The SMILES string of the molecule is Cc1c(Cl)cc(C(C)Nc2ncnc3[nH]cnc23)c(-c2cccc(F)c2)c1N1CCOC1=O. The predicted octanol–water partition coefficient (Wildman–Crippen LogP) is 5.25. The molecule has 0 aliphatic carbocycles. The number of nitrogens with zero attached hydrogens (tertiary/aromatic N) is 4. The lowest BCUT2D eigenvalue weighted by Crippen LogP contribution is -2.26. The van der Waals surface area contributed by atoms with Crippen LogP contribution in [-0.2, 0) is 4.74 Å². The van der Waals surface area contributed by atoms with E-state index in [4.69, 9.17) is 16.3 Å². The fourth-order valence-corrected chi connectivity index (χ4v) is 4.34. The van der Waals surface area contributed by atoms with Gasteiger partial charge in [-0.2, -0.15) is 0 Å². The third-order valence-corrected chi connectivity index (χ3v) is 6.09. The number of amides is 1. The van der Waals surface area contributed by atoms with Crippen molar-refractivity contribution in [1.29, 1.82) is 0 Å². The van der Waals surface area contributed by atoms with Gasteiger partial charge in [0, 0.05) is 10.6 Å². The zero-order valence-corrected chi connectivity index (χ0v) is 18.7. The molecule has 2 aromatic heterocycles. The van der Waals surface area contributed by atoms with Gasteiger partial charge < -0.3 is 15.0 Å². The molecule has 0 saturated carbocycles. The van der Waals surface area contributed by atoms with Gasteiger partial charge in [-0.15, -0.1) is 0 Å². The molecule has 2 aromatic carbocycles. The number of carbonyl (C=O) groups is 1. The highest BCUT2D eigenvalue weighted by atomic mass is 35.5. The van der Waals surface area contributed by atoms with Crippen LogP contribution >= 0.6 is 11.6 Å². The Morgan fingerprint density at radius 1 is 1.27 bits per heavy atom. The lowest BCUT2D eigenvalue weighted by molar-refractivity contribution is 0.181. The monoisotopic (exact) mass is 466 g/mol. The van der Waals surface area contributed by atoms with Gasteiger partial charge in [0.25, 0.3) is 0 Å². The molecule has 1 saturated heterocycles. The smallest absolute Gasteiger partial charge is 0.414 e. The third kappa shape index (κ3) is 3.74. The summed E-state index contributed by atoms with van der Waals surface area (Å²) in [6.07, 6.45) is 2.53. The van der Waals surface area contributed by atoms with Crippen LogP contribution in [0.4, 0.5) is 20.7 Å². The van der Waals surface area contributed by atoms with Crippen LogP contribution in [0.15, 0.2) is 43.0 Å². The first-order valence-electron chi connectivity index (χ1n) is 10.4. The molecule has 1 atom stereocenters. The summed E-state index contributed by atoms with van der Waals surface area (Å²) in [5.74, 6) is 0.161. The third-order valence-electron chi connectivity index (χ3n) is 5.70. The Morgan fingerprint density at radius 2 is 2.12 bits per heavy atom. The van der Waals surface area contributed by atoms with Crippen LogP contribution in [-0.4, -0.2) is 39.2 Å². The summed E-state index contributed by atoms with van der Waals surface area (Å²) < 4.78 is 19.5. The van der Waals surface area contributed by atoms with Gasteiger partial charge in [0.05, 0.1) is 24.6 Å². The Hall–Kier alpha value is -3.72. The number of ether oxygens (including phenoxy) is 1. The lowest BCUT2D eigenvalue weighted by Gasteiger charge is -2.27. The molecule has 4 aromatic rings. The van der Waals surface area contributed by atoms with E-state index in [9.17, 15) is 9.18 Å². The number of hydrogen-bond acceptors (Lipinski definition) is 6. The van der Waals surface area contributed by atoms with E-state index in [0.29, 0.717) is 50.9 Å². The molecule has 5 rings (SSSR count). The van der Waals surface area contributed by atoms with E-state index >= 15 is 0 Å². The Morgan fingerprint density at radius 3 is 2.88 bits per heavy atom. The molecular weight excluding hydrogens is 447 g/mol. The number of carbonyl (C=O) groups excluding carboxylic acids is 1. The van der Waals surface area contributed by atoms with Crippen molar-refractivity contribution in [3.05, 3.63) is 65.0 Å². The Bertz CT molecular complexity index is 1370. The Kier molecular flexibility index (Phi) is 5.33. The van der Waals surface area contributed by atoms with Crippen molar-refractivity contribution in [3.8, 4) is 11.1 Å². The first-order valence-corrected chi connectivity index (χ1v) is 10.8. The maximum absolute atomic E-state index is 14.3. The minimum atomic E-state index is -0.460. The lowest BCUT2D eigenvalue weighted by atomic mass is 9.90. The van der Waals surface area contributed by atoms with E-state index < -0.39 is 6.09 Å². The highest BCUT2D eigenvalue weighted by molar-refractivity contribution is 6.32. The van der Waals surface area contributed by atoms with Gasteiger partial charge in [0.1, 0.15) is 24.3 Å². The van der Waals surface area contributed by atoms with Crippen LogP contribution in [0.25, 0.3) is 22.3 Å². The fourth-order valence-electron chi connectivity index (χ4n) is 4.13. The molecule has 1 fully saturated rings. The second kappa shape index (κ2) is 8.32. The molecule has 8 nitrogen and oxygen atoms in total. The second-order valence-electron chi connectivity index (χ2n) is 7.76. The van der Waals surface area contributed by atoms with Gasteiger partial charge in [-0.1, -0.05) is 23.7 Å². The summed E-state index contributed by atoms with van der Waals surface area (Å²) in [4.78, 5) is 29.8. The summed E-state index contributed by atoms with van der Waals surface area (Å²) in [6, 6.07) is 7.79. The molecule has 168 valence electrons. The van der Waals surface area contributed by atoms with E-state index in [2.05, 4.69) is 25.3 Å². The molecular formula is C23H20ClFN6O2. The number of aromatic amines is 1. The number of fused-ring (bicyclic) bond motifs is 1. The molecule has 0 bridgehead atoms. The van der Waals surface area contributed by atoms with E-state index in [1.165, 1.54) is 18.5 Å². The minimum absolute atomic E-state index is 0.272. The topological polar surface area (TPSA) is 96.0 Å². The highest BCUT2D eigenvalue weighted by Gasteiger charge is 2.31. The van der Waals surface area contributed by atoms with Gasteiger partial charge in [0.2, 0.25) is 0 Å². The number of hydrogen-bond donors (Lipinski definition) is 2. The summed E-state index contributed by atoms with van der Waals surface area (Å²) in [6.45, 7) is 4.43. The molecule has 1 amide bonds. The van der Waals surface area contributed by atoms with Crippen LogP contribution in [0, 0.1) is 12.7 Å². The molecule has 3 heterocycles. The van der Waals surface area contributed by atoms with Crippen molar-refractivity contribution in [2.75, 3.05) is 23.4 Å². The number of halogens is 2. The van der Waals surface area contributed by atoms with Gasteiger partial charge in [-0.25, -0.2) is 24.1 Å². The zero-order chi connectivity index (χ0) is 23.1. The molecule has 33 heavy (non-hydrogen) atoms. The number of imidazole rings is 1. The average Bonchev–Trinajstić information content (AvgIpc) is 3.44. The number of benzene rings is 2. The van der Waals surface area contributed by atoms with Gasteiger partial charge in [-0.05, 0) is 48.7 Å². The van der Waals surface area contributed by atoms with Gasteiger partial charge in [0.15, 0.2) is 11.5 Å². The Balaban J connectivity index is 1.70. The van der Waals surface area contributed by atoms with Crippen LogP contribution in [0.1, 0.15) is 24.1 Å². The maximum atomic E-state index is 14.3. The minimum Gasteiger partial charge on any atom is -0.447 e. The fraction of sp³-hybridized carbons (Fsp3) is 0.217. The summed E-state index contributed by atoms with van der Waals surface area (Å²) in [5, 5.41) is 3.85. The molecule has 0 spiro atoms. The van der Waals surface area contributed by atoms with E-state index in [0.717, 1.165) is 5.56 Å². The molecule has 1 aliphatic heterocycles. The standard InChI is InChI=1S/C23H20ClFN6O2/c1-12-17(24)9-16(13(2)30-22-19-21(27-10-26-19)28-11-29-22)18(14-4-3-5-15(25)8-14)20(12)31-6-7-33-23(31)32/h3-5,8-11,13H,6-7H2,1-2H3,(H2,26,27,28,29,30). The summed E-state index contributed by atoms with van der Waals surface area (Å²) in [7, 11) is 0. The molecule has 10 heteroatoms. The normalized spacial score (nSPS) is 14.5. The molecule has 0 radical (unpaired) electrons. The number of nitrogens with one attached hydrogen (secondary N) is 2. The van der Waals surface area contributed by atoms with Crippen molar-refractivity contribution >= 4 is 40.4 Å². The van der Waals surface area contributed by atoms with Crippen LogP contribution in [0.2, 0.25) is 5.02 Å². The molecule has 1 unspecified atom stereocenters. The van der Waals surface area contributed by atoms with Crippen LogP contribution in [0.3, 0.4) is 0 Å². The van der Waals surface area contributed by atoms with Gasteiger partial charge >= 0.3 is 6.09 Å². The summed E-state index contributed by atoms with van der Waals surface area (Å²) in [5.41, 5.74) is 4.61. The van der Waals surface area contributed by atoms with Crippen molar-refractivity contribution in [1.82, 2.24) is 19.9 Å². The first kappa shape index (κ1) is 21.1. The predicted molar refractivity (Wildman–Crippen MR) is 124 cm³/mol. The number of anilines is 2. The van der Waals surface area contributed by atoms with Crippen molar-refractivity contribution in [2.45, 2.75) is 19.9 Å². The van der Waals surface area contributed by atoms with Crippen LogP contribution < -0.4 is 10.2 Å². The number of rotatable bonds is 5. The number of aromatic nitrogens is 4. The second-order valence-corrected chi connectivity index (χ2v) is 8.17. The number of cyclic esters (lactones) is 1. The first-order chi connectivity index (χ1) is 15.9. The quantitative estimate of drug-likeness (QED) is 0.417. The van der Waals surface area contributed by atoms with E-state index in [-0.39, 0.29) is 18.5 Å². The maximum Gasteiger partial charge on any atom is 0.414 e. The molecule has 2 N–H and O–H groups in total. The van der Waals surface area contributed by atoms with Crippen molar-refractivity contribution in [2.24, 2.45) is 0 Å². The van der Waals surface area contributed by atoms with E-state index in [1.807, 2.05) is 26.0 Å². The van der Waals surface area contributed by atoms with Crippen molar-refractivity contribution in [3.63, 3.8) is 0 Å². The molecule has 1 aliphatic rings. The van der Waals surface area contributed by atoms with Crippen molar-refractivity contribution < 1.29 is 13.9 Å². The number of H-pyrrole nitrogens is 1. The van der Waals surface area contributed by atoms with E-state index in [1.54, 1.807) is 17.3 Å². The summed E-state index contributed by atoms with van der Waals surface area (Å²) >= 11 is 6.64. The largest absolute Gasteiger partial charge is 0.447 e. The zero-order valence-electron chi connectivity index (χ0n) is 17.9. The average molecular weight is 467 g/mol. The Labute approximate surface area is 193 Å². The van der Waals surface area contributed by atoms with Crippen LogP contribution in [0.5, 0.6) is 0 Å². The van der Waals surface area contributed by atoms with Gasteiger partial charge in [-0.3, -0.25) is 4.90 Å².